The van der Waals surface area contributed by atoms with E-state index in [2.05, 4.69) is 61.5 Å². The highest BCUT2D eigenvalue weighted by atomic mass is 16.5. The Balaban J connectivity index is 2.34. The third kappa shape index (κ3) is 3.19. The van der Waals surface area contributed by atoms with Gasteiger partial charge in [0.2, 0.25) is 0 Å². The molecule has 3 aromatic rings. The Hall–Kier alpha value is -3.40. The smallest absolute Gasteiger partial charge is 0.339 e. The molecule has 0 radical (unpaired) electrons. The summed E-state index contributed by atoms with van der Waals surface area (Å²) in [6.45, 7) is 19.0. The summed E-state index contributed by atoms with van der Waals surface area (Å²) in [5.74, 6) is -1.06. The van der Waals surface area contributed by atoms with Crippen LogP contribution in [0.3, 0.4) is 0 Å². The molecule has 4 heteroatoms. The van der Waals surface area contributed by atoms with Crippen molar-refractivity contribution >= 4 is 34.4 Å². The second-order valence-corrected chi connectivity index (χ2v) is 9.83. The first-order valence-corrected chi connectivity index (χ1v) is 12.0. The van der Waals surface area contributed by atoms with Gasteiger partial charge in [-0.3, -0.25) is 0 Å². The maximum atomic E-state index is 13.4. The SMILES string of the molecule is COC(=O)c1c(C(=O)OC)c2c3c(c(C)c(C)c(C)c3c1C)C=C2c1c(C)c(C)c(C)c(C)c1C. The molecule has 4 nitrogen and oxygen atoms in total. The lowest BCUT2D eigenvalue weighted by Gasteiger charge is -2.23. The lowest BCUT2D eigenvalue weighted by Crippen LogP contribution is -2.17. The first-order valence-electron chi connectivity index (χ1n) is 12.0. The largest absolute Gasteiger partial charge is 0.465 e. The van der Waals surface area contributed by atoms with Gasteiger partial charge in [0.05, 0.1) is 25.3 Å². The molecule has 4 rings (SSSR count). The number of esters is 2. The molecule has 0 saturated carbocycles. The Labute approximate surface area is 207 Å². The number of rotatable bonds is 3. The van der Waals surface area contributed by atoms with Crippen molar-refractivity contribution in [2.75, 3.05) is 14.2 Å². The standard InChI is InChI=1S/C31H34O4/c1-13-14(2)18(6)24(19(7)15(13)3)23-12-22-17(5)16(4)20(8)25-21(9)26(30(32)34-10)29(31(33)35-11)28(23)27(22)25/h12H,1-11H3. The maximum Gasteiger partial charge on any atom is 0.339 e. The number of aryl methyl sites for hydroxylation is 2. The van der Waals surface area contributed by atoms with Gasteiger partial charge < -0.3 is 9.47 Å². The van der Waals surface area contributed by atoms with E-state index < -0.39 is 11.9 Å². The van der Waals surface area contributed by atoms with Crippen LogP contribution in [0.4, 0.5) is 0 Å². The van der Waals surface area contributed by atoms with Crippen LogP contribution in [0.25, 0.3) is 22.4 Å². The third-order valence-corrected chi connectivity index (χ3v) is 8.53. The number of benzene rings is 3. The predicted octanol–water partition coefficient (Wildman–Crippen LogP) is 7.09. The lowest BCUT2D eigenvalue weighted by atomic mass is 9.80. The van der Waals surface area contributed by atoms with Crippen molar-refractivity contribution in [3.8, 4) is 0 Å². The minimum atomic E-state index is -0.532. The van der Waals surface area contributed by atoms with E-state index in [0.29, 0.717) is 0 Å². The molecule has 0 spiro atoms. The van der Waals surface area contributed by atoms with Gasteiger partial charge in [-0.1, -0.05) is 0 Å². The van der Waals surface area contributed by atoms with E-state index in [1.54, 1.807) is 0 Å². The van der Waals surface area contributed by atoms with Gasteiger partial charge in [0, 0.05) is 5.56 Å². The molecule has 0 aliphatic heterocycles. The number of methoxy groups -OCH3 is 2. The molecule has 1 aliphatic rings. The zero-order valence-electron chi connectivity index (χ0n) is 22.7. The number of carbonyl (C=O) groups excluding carboxylic acids is 2. The van der Waals surface area contributed by atoms with Crippen LogP contribution in [0.5, 0.6) is 0 Å². The Morgan fingerprint density at radius 2 is 0.971 bits per heavy atom. The van der Waals surface area contributed by atoms with Crippen molar-refractivity contribution < 1.29 is 19.1 Å². The van der Waals surface area contributed by atoms with Crippen LogP contribution in [0.15, 0.2) is 0 Å². The van der Waals surface area contributed by atoms with E-state index in [0.717, 1.165) is 44.2 Å². The van der Waals surface area contributed by atoms with Crippen LogP contribution in [0.1, 0.15) is 87.5 Å². The molecule has 0 amide bonds. The molecule has 0 saturated heterocycles. The Kier molecular flexibility index (Phi) is 5.91. The lowest BCUT2D eigenvalue weighted by molar-refractivity contribution is 0.0554. The van der Waals surface area contributed by atoms with E-state index in [-0.39, 0.29) is 11.1 Å². The minimum absolute atomic E-state index is 0.280. The van der Waals surface area contributed by atoms with Gasteiger partial charge in [-0.05, 0) is 146 Å². The number of carbonyl (C=O) groups is 2. The van der Waals surface area contributed by atoms with Gasteiger partial charge in [0.1, 0.15) is 0 Å². The molecule has 0 aromatic heterocycles. The number of hydrogen-bond acceptors (Lipinski definition) is 4. The minimum Gasteiger partial charge on any atom is -0.465 e. The van der Waals surface area contributed by atoms with Crippen LogP contribution >= 0.6 is 0 Å². The van der Waals surface area contributed by atoms with Crippen molar-refractivity contribution in [1.82, 2.24) is 0 Å². The summed E-state index contributed by atoms with van der Waals surface area (Å²) < 4.78 is 10.5. The fourth-order valence-electron chi connectivity index (χ4n) is 5.90. The molecule has 0 unspecified atom stereocenters. The van der Waals surface area contributed by atoms with Crippen molar-refractivity contribution in [1.29, 1.82) is 0 Å². The summed E-state index contributed by atoms with van der Waals surface area (Å²) in [6, 6.07) is 0. The molecule has 0 N–H and O–H groups in total. The maximum absolute atomic E-state index is 13.4. The molecule has 1 aliphatic carbocycles. The highest BCUT2D eigenvalue weighted by Crippen LogP contribution is 2.50. The molecule has 182 valence electrons. The fourth-order valence-corrected chi connectivity index (χ4v) is 5.90. The summed E-state index contributed by atoms with van der Waals surface area (Å²) in [4.78, 5) is 26.5. The Morgan fingerprint density at radius 3 is 1.49 bits per heavy atom. The second-order valence-electron chi connectivity index (χ2n) is 9.83. The zero-order chi connectivity index (χ0) is 26.1. The Morgan fingerprint density at radius 1 is 0.514 bits per heavy atom. The van der Waals surface area contributed by atoms with Crippen molar-refractivity contribution in [2.45, 2.75) is 62.3 Å². The average Bonchev–Trinajstić information content (AvgIpc) is 3.22. The van der Waals surface area contributed by atoms with Crippen molar-refractivity contribution in [3.05, 3.63) is 77.9 Å². The van der Waals surface area contributed by atoms with Gasteiger partial charge in [-0.25, -0.2) is 9.59 Å². The monoisotopic (exact) mass is 470 g/mol. The summed E-state index contributed by atoms with van der Waals surface area (Å²) in [7, 11) is 2.71. The van der Waals surface area contributed by atoms with E-state index in [9.17, 15) is 9.59 Å². The normalized spacial score (nSPS) is 12.3. The quantitative estimate of drug-likeness (QED) is 0.300. The molecular formula is C31H34O4. The van der Waals surface area contributed by atoms with E-state index in [4.69, 9.17) is 9.47 Å². The first-order chi connectivity index (χ1) is 16.4. The van der Waals surface area contributed by atoms with Crippen molar-refractivity contribution in [2.24, 2.45) is 0 Å². The van der Waals surface area contributed by atoms with Crippen LogP contribution in [-0.4, -0.2) is 26.2 Å². The van der Waals surface area contributed by atoms with Gasteiger partial charge in [0.25, 0.3) is 0 Å². The van der Waals surface area contributed by atoms with Gasteiger partial charge in [-0.15, -0.1) is 0 Å². The molecule has 3 aromatic carbocycles. The second kappa shape index (κ2) is 8.37. The highest BCUT2D eigenvalue weighted by Gasteiger charge is 2.35. The summed E-state index contributed by atoms with van der Waals surface area (Å²) in [5.41, 5.74) is 14.9. The summed E-state index contributed by atoms with van der Waals surface area (Å²) in [5, 5.41) is 2.02. The first kappa shape index (κ1) is 24.7. The fraction of sp³-hybridized carbons (Fsp3) is 0.355. The third-order valence-electron chi connectivity index (χ3n) is 8.53. The van der Waals surface area contributed by atoms with Crippen LogP contribution in [-0.2, 0) is 9.47 Å². The van der Waals surface area contributed by atoms with E-state index >= 15 is 0 Å². The number of ether oxygens (including phenoxy) is 2. The molecule has 35 heavy (non-hydrogen) atoms. The van der Waals surface area contributed by atoms with Crippen molar-refractivity contribution in [3.63, 3.8) is 0 Å². The van der Waals surface area contributed by atoms with Gasteiger partial charge in [-0.2, -0.15) is 0 Å². The topological polar surface area (TPSA) is 52.6 Å². The predicted molar refractivity (Wildman–Crippen MR) is 143 cm³/mol. The average molecular weight is 471 g/mol. The van der Waals surface area contributed by atoms with Crippen LogP contribution in [0, 0.1) is 62.3 Å². The molecule has 0 fully saturated rings. The molecule has 0 bridgehead atoms. The Bertz CT molecular complexity index is 1490. The van der Waals surface area contributed by atoms with Crippen LogP contribution in [0.2, 0.25) is 0 Å². The van der Waals surface area contributed by atoms with E-state index in [1.807, 2.05) is 6.92 Å². The molecule has 0 heterocycles. The zero-order valence-corrected chi connectivity index (χ0v) is 22.7. The molecular weight excluding hydrogens is 436 g/mol. The summed E-state index contributed by atoms with van der Waals surface area (Å²) in [6.07, 6.45) is 2.20. The summed E-state index contributed by atoms with van der Waals surface area (Å²) >= 11 is 0. The van der Waals surface area contributed by atoms with Gasteiger partial charge >= 0.3 is 11.9 Å². The van der Waals surface area contributed by atoms with Gasteiger partial charge in [0.15, 0.2) is 0 Å². The van der Waals surface area contributed by atoms with Crippen LogP contribution < -0.4 is 0 Å². The molecule has 0 atom stereocenters. The van der Waals surface area contributed by atoms with E-state index in [1.165, 1.54) is 53.2 Å². The number of hydrogen-bond donors (Lipinski definition) is 0. The highest BCUT2D eigenvalue weighted by molar-refractivity contribution is 6.23.